The normalized spacial score (nSPS) is 17.2. The van der Waals surface area contributed by atoms with Gasteiger partial charge in [0.05, 0.1) is 5.25 Å². The Labute approximate surface area is 105 Å². The van der Waals surface area contributed by atoms with Crippen LogP contribution in [-0.2, 0) is 4.79 Å². The van der Waals surface area contributed by atoms with Gasteiger partial charge in [0.15, 0.2) is 5.16 Å². The Balaban J connectivity index is 1.94. The van der Waals surface area contributed by atoms with Crippen molar-refractivity contribution in [2.24, 2.45) is 0 Å². The van der Waals surface area contributed by atoms with Gasteiger partial charge in [0.2, 0.25) is 5.91 Å². The van der Waals surface area contributed by atoms with E-state index in [9.17, 15) is 4.79 Å². The van der Waals surface area contributed by atoms with Crippen molar-refractivity contribution in [2.45, 2.75) is 56.1 Å². The lowest BCUT2D eigenvalue weighted by Gasteiger charge is -2.13. The second-order valence-corrected chi connectivity index (χ2v) is 5.97. The highest BCUT2D eigenvalue weighted by Crippen LogP contribution is 2.25. The van der Waals surface area contributed by atoms with Gasteiger partial charge in [-0.1, -0.05) is 11.8 Å². The summed E-state index contributed by atoms with van der Waals surface area (Å²) >= 11 is 1.46. The van der Waals surface area contributed by atoms with Gasteiger partial charge in [0.25, 0.3) is 0 Å². The van der Waals surface area contributed by atoms with Crippen LogP contribution in [0.1, 0.15) is 39.7 Å². The number of amides is 1. The van der Waals surface area contributed by atoms with E-state index in [1.54, 1.807) is 6.33 Å². The molecular weight excluding hydrogens is 236 g/mol. The van der Waals surface area contributed by atoms with Crippen LogP contribution in [0.4, 0.5) is 0 Å². The van der Waals surface area contributed by atoms with Crippen LogP contribution in [0.5, 0.6) is 0 Å². The highest BCUT2D eigenvalue weighted by atomic mass is 32.2. The van der Waals surface area contributed by atoms with Crippen LogP contribution in [0.3, 0.4) is 0 Å². The second kappa shape index (κ2) is 5.08. The fourth-order valence-electron chi connectivity index (χ4n) is 1.43. The molecule has 1 N–H and O–H groups in total. The molecule has 6 heteroatoms. The minimum absolute atomic E-state index is 0.0933. The summed E-state index contributed by atoms with van der Waals surface area (Å²) in [6.45, 7) is 6.05. The number of rotatable bonds is 5. The predicted octanol–water partition coefficient (Wildman–Crippen LogP) is 1.62. The number of hydrogen-bond donors (Lipinski definition) is 1. The highest BCUT2D eigenvalue weighted by Gasteiger charge is 2.26. The van der Waals surface area contributed by atoms with Crippen molar-refractivity contribution in [3.63, 3.8) is 0 Å². The predicted molar refractivity (Wildman–Crippen MR) is 66.9 cm³/mol. The van der Waals surface area contributed by atoms with E-state index in [0.717, 1.165) is 18.0 Å². The number of aromatic nitrogens is 3. The van der Waals surface area contributed by atoms with Gasteiger partial charge in [0.1, 0.15) is 6.33 Å². The van der Waals surface area contributed by atoms with Gasteiger partial charge < -0.3 is 9.88 Å². The van der Waals surface area contributed by atoms with E-state index in [-0.39, 0.29) is 11.2 Å². The van der Waals surface area contributed by atoms with Gasteiger partial charge in [-0.25, -0.2) is 0 Å². The number of carbonyl (C=O) groups excluding carboxylic acids is 1. The number of nitrogens with zero attached hydrogens (tertiary/aromatic N) is 3. The fourth-order valence-corrected chi connectivity index (χ4v) is 2.39. The molecule has 0 radical (unpaired) electrons. The lowest BCUT2D eigenvalue weighted by Crippen LogP contribution is -2.32. The van der Waals surface area contributed by atoms with E-state index in [0.29, 0.717) is 12.1 Å². The Hall–Kier alpha value is -1.04. The molecule has 1 aliphatic carbocycles. The average Bonchev–Trinajstić information content (AvgIpc) is 2.94. The fraction of sp³-hybridized carbons (Fsp3) is 0.727. The van der Waals surface area contributed by atoms with E-state index < -0.39 is 0 Å². The number of nitrogens with one attached hydrogen (secondary N) is 1. The zero-order valence-electron chi connectivity index (χ0n) is 10.4. The molecule has 1 heterocycles. The van der Waals surface area contributed by atoms with Crippen LogP contribution in [0, 0.1) is 0 Å². The topological polar surface area (TPSA) is 59.8 Å². The number of thioether (sulfide) groups is 1. The molecule has 1 aliphatic rings. The molecule has 17 heavy (non-hydrogen) atoms. The summed E-state index contributed by atoms with van der Waals surface area (Å²) in [5.74, 6) is 0.0933. The van der Waals surface area contributed by atoms with E-state index >= 15 is 0 Å². The summed E-state index contributed by atoms with van der Waals surface area (Å²) < 4.78 is 1.98. The smallest absolute Gasteiger partial charge is 0.233 e. The van der Waals surface area contributed by atoms with Crippen molar-refractivity contribution in [2.75, 3.05) is 0 Å². The highest BCUT2D eigenvalue weighted by molar-refractivity contribution is 8.00. The molecule has 1 amide bonds. The Morgan fingerprint density at radius 2 is 2.24 bits per heavy atom. The first-order valence-corrected chi connectivity index (χ1v) is 6.82. The Kier molecular flexibility index (Phi) is 3.71. The van der Waals surface area contributed by atoms with Crippen molar-refractivity contribution in [1.29, 1.82) is 0 Å². The Morgan fingerprint density at radius 3 is 2.82 bits per heavy atom. The van der Waals surface area contributed by atoms with Crippen LogP contribution in [0.15, 0.2) is 11.5 Å². The monoisotopic (exact) mass is 254 g/mol. The first-order chi connectivity index (χ1) is 8.08. The molecule has 0 spiro atoms. The summed E-state index contributed by atoms with van der Waals surface area (Å²) in [5.41, 5.74) is 0. The van der Waals surface area contributed by atoms with Gasteiger partial charge in [-0.15, -0.1) is 10.2 Å². The molecule has 5 nitrogen and oxygen atoms in total. The first-order valence-electron chi connectivity index (χ1n) is 5.94. The maximum atomic E-state index is 11.8. The van der Waals surface area contributed by atoms with Gasteiger partial charge in [-0.05, 0) is 33.6 Å². The molecule has 0 aliphatic heterocycles. The lowest BCUT2D eigenvalue weighted by molar-refractivity contribution is -0.120. The van der Waals surface area contributed by atoms with Crippen LogP contribution in [-0.4, -0.2) is 32.0 Å². The van der Waals surface area contributed by atoms with Crippen molar-refractivity contribution in [3.05, 3.63) is 6.33 Å². The summed E-state index contributed by atoms with van der Waals surface area (Å²) in [6, 6.07) is 0.722. The first kappa shape index (κ1) is 12.4. The minimum atomic E-state index is -0.128. The van der Waals surface area contributed by atoms with Crippen LogP contribution in [0.2, 0.25) is 0 Å². The summed E-state index contributed by atoms with van der Waals surface area (Å²) in [5, 5.41) is 11.6. The summed E-state index contributed by atoms with van der Waals surface area (Å²) in [4.78, 5) is 11.8. The standard InChI is InChI=1S/C11H18N4OS/c1-7(2)15-6-12-14-11(15)17-8(3)10(16)13-9-4-5-9/h6-9H,4-5H2,1-3H3,(H,13,16)/t8-/m0/s1. The van der Waals surface area contributed by atoms with Crippen molar-refractivity contribution in [1.82, 2.24) is 20.1 Å². The van der Waals surface area contributed by atoms with Gasteiger partial charge in [0, 0.05) is 12.1 Å². The van der Waals surface area contributed by atoms with Crippen molar-refractivity contribution >= 4 is 17.7 Å². The maximum absolute atomic E-state index is 11.8. The molecule has 1 fully saturated rings. The van der Waals surface area contributed by atoms with Gasteiger partial charge in [-0.3, -0.25) is 4.79 Å². The zero-order chi connectivity index (χ0) is 12.4. The zero-order valence-corrected chi connectivity index (χ0v) is 11.2. The molecule has 0 unspecified atom stereocenters. The molecule has 1 aromatic rings. The SMILES string of the molecule is CC(C)n1cnnc1S[C@@H](C)C(=O)NC1CC1. The molecule has 0 bridgehead atoms. The second-order valence-electron chi connectivity index (χ2n) is 4.66. The van der Waals surface area contributed by atoms with E-state index in [1.807, 2.05) is 11.5 Å². The van der Waals surface area contributed by atoms with Crippen LogP contribution < -0.4 is 5.32 Å². The number of carbonyl (C=O) groups is 1. The average molecular weight is 254 g/mol. The van der Waals surface area contributed by atoms with Crippen molar-refractivity contribution in [3.8, 4) is 0 Å². The quantitative estimate of drug-likeness (QED) is 0.811. The molecule has 1 saturated carbocycles. The minimum Gasteiger partial charge on any atom is -0.352 e. The Morgan fingerprint density at radius 1 is 1.53 bits per heavy atom. The third kappa shape index (κ3) is 3.21. The molecule has 0 saturated heterocycles. The van der Waals surface area contributed by atoms with Crippen molar-refractivity contribution < 1.29 is 4.79 Å². The van der Waals surface area contributed by atoms with Gasteiger partial charge >= 0.3 is 0 Å². The van der Waals surface area contributed by atoms with E-state index in [4.69, 9.17) is 0 Å². The summed E-state index contributed by atoms with van der Waals surface area (Å²) in [7, 11) is 0. The third-order valence-corrected chi connectivity index (χ3v) is 3.74. The Bertz CT molecular complexity index is 400. The maximum Gasteiger partial charge on any atom is 0.233 e. The molecule has 94 valence electrons. The van der Waals surface area contributed by atoms with Crippen LogP contribution >= 0.6 is 11.8 Å². The molecule has 1 aromatic heterocycles. The van der Waals surface area contributed by atoms with Gasteiger partial charge in [-0.2, -0.15) is 0 Å². The van der Waals surface area contributed by atoms with E-state index in [2.05, 4.69) is 29.4 Å². The summed E-state index contributed by atoms with van der Waals surface area (Å²) in [6.07, 6.45) is 3.94. The molecule has 2 rings (SSSR count). The number of hydrogen-bond acceptors (Lipinski definition) is 4. The van der Waals surface area contributed by atoms with E-state index in [1.165, 1.54) is 11.8 Å². The van der Waals surface area contributed by atoms with Crippen LogP contribution in [0.25, 0.3) is 0 Å². The molecular formula is C11H18N4OS. The molecule has 1 atom stereocenters. The third-order valence-electron chi connectivity index (χ3n) is 2.67. The largest absolute Gasteiger partial charge is 0.352 e. The molecule has 0 aromatic carbocycles. The lowest BCUT2D eigenvalue weighted by atomic mass is 10.4.